The summed E-state index contributed by atoms with van der Waals surface area (Å²) in [6.45, 7) is 7.91. The molecule has 0 radical (unpaired) electrons. The number of aromatic nitrogens is 1. The van der Waals surface area contributed by atoms with E-state index in [9.17, 15) is 0 Å². The van der Waals surface area contributed by atoms with Crippen molar-refractivity contribution in [3.05, 3.63) is 53.7 Å². The van der Waals surface area contributed by atoms with Crippen molar-refractivity contribution < 1.29 is 14.2 Å². The molecular formula is C22H32N4O3. The van der Waals surface area contributed by atoms with Crippen LogP contribution in [0.3, 0.4) is 0 Å². The van der Waals surface area contributed by atoms with E-state index in [1.807, 2.05) is 50.2 Å². The molecule has 0 unspecified atom stereocenters. The summed E-state index contributed by atoms with van der Waals surface area (Å²) in [5, 5.41) is 6.74. The van der Waals surface area contributed by atoms with E-state index in [0.717, 1.165) is 49.0 Å². The SMILES string of the molecule is CCOCCCNC(=NCc1ccc(OC)cc1)NCc1cccnc1OCC. The second-order valence-electron chi connectivity index (χ2n) is 6.24. The molecule has 1 aromatic heterocycles. The van der Waals surface area contributed by atoms with Gasteiger partial charge in [-0.05, 0) is 44.0 Å². The highest BCUT2D eigenvalue weighted by molar-refractivity contribution is 5.79. The van der Waals surface area contributed by atoms with Crippen molar-refractivity contribution >= 4 is 5.96 Å². The summed E-state index contributed by atoms with van der Waals surface area (Å²) in [6, 6.07) is 11.8. The predicted octanol–water partition coefficient (Wildman–Crippen LogP) is 3.15. The smallest absolute Gasteiger partial charge is 0.218 e. The molecule has 0 saturated heterocycles. The van der Waals surface area contributed by atoms with Crippen LogP contribution in [0.4, 0.5) is 0 Å². The van der Waals surface area contributed by atoms with Gasteiger partial charge in [-0.1, -0.05) is 18.2 Å². The van der Waals surface area contributed by atoms with Crippen molar-refractivity contribution in [2.75, 3.05) is 33.5 Å². The van der Waals surface area contributed by atoms with Crippen LogP contribution in [0.2, 0.25) is 0 Å². The fourth-order valence-electron chi connectivity index (χ4n) is 2.61. The average molecular weight is 401 g/mol. The molecule has 0 amide bonds. The Morgan fingerprint density at radius 3 is 2.62 bits per heavy atom. The second kappa shape index (κ2) is 13.4. The number of nitrogens with one attached hydrogen (secondary N) is 2. The first-order valence-corrected chi connectivity index (χ1v) is 10.1. The fourth-order valence-corrected chi connectivity index (χ4v) is 2.61. The van der Waals surface area contributed by atoms with Gasteiger partial charge in [0.15, 0.2) is 5.96 Å². The minimum atomic E-state index is 0.566. The summed E-state index contributed by atoms with van der Waals surface area (Å²) in [5.74, 6) is 2.22. The van der Waals surface area contributed by atoms with Crippen LogP contribution in [0.15, 0.2) is 47.6 Å². The van der Waals surface area contributed by atoms with Gasteiger partial charge < -0.3 is 24.8 Å². The Morgan fingerprint density at radius 2 is 1.90 bits per heavy atom. The maximum atomic E-state index is 5.61. The number of guanidine groups is 1. The van der Waals surface area contributed by atoms with Crippen LogP contribution >= 0.6 is 0 Å². The average Bonchev–Trinajstić information content (AvgIpc) is 2.76. The highest BCUT2D eigenvalue weighted by Crippen LogP contribution is 2.14. The van der Waals surface area contributed by atoms with Gasteiger partial charge in [-0.2, -0.15) is 0 Å². The van der Waals surface area contributed by atoms with Gasteiger partial charge in [0.25, 0.3) is 0 Å². The lowest BCUT2D eigenvalue weighted by Gasteiger charge is -2.14. The molecule has 0 atom stereocenters. The first-order valence-electron chi connectivity index (χ1n) is 10.1. The monoisotopic (exact) mass is 400 g/mol. The second-order valence-corrected chi connectivity index (χ2v) is 6.24. The van der Waals surface area contributed by atoms with Gasteiger partial charge in [0.05, 0.1) is 20.3 Å². The van der Waals surface area contributed by atoms with Crippen molar-refractivity contribution in [1.29, 1.82) is 0 Å². The Kier molecular flexibility index (Phi) is 10.4. The van der Waals surface area contributed by atoms with Crippen molar-refractivity contribution in [3.63, 3.8) is 0 Å². The molecule has 158 valence electrons. The molecule has 0 saturated carbocycles. The summed E-state index contributed by atoms with van der Waals surface area (Å²) >= 11 is 0. The van der Waals surface area contributed by atoms with E-state index in [4.69, 9.17) is 19.2 Å². The lowest BCUT2D eigenvalue weighted by molar-refractivity contribution is 0.145. The van der Waals surface area contributed by atoms with Gasteiger partial charge in [-0.3, -0.25) is 0 Å². The van der Waals surface area contributed by atoms with Crippen LogP contribution in [-0.2, 0) is 17.8 Å². The molecule has 29 heavy (non-hydrogen) atoms. The topological polar surface area (TPSA) is 77.0 Å². The van der Waals surface area contributed by atoms with E-state index in [-0.39, 0.29) is 0 Å². The molecular weight excluding hydrogens is 368 g/mol. The van der Waals surface area contributed by atoms with E-state index in [1.54, 1.807) is 13.3 Å². The number of hydrogen-bond acceptors (Lipinski definition) is 5. The number of rotatable bonds is 12. The highest BCUT2D eigenvalue weighted by atomic mass is 16.5. The van der Waals surface area contributed by atoms with E-state index in [1.165, 1.54) is 0 Å². The first kappa shape index (κ1) is 22.5. The molecule has 7 heteroatoms. The lowest BCUT2D eigenvalue weighted by Crippen LogP contribution is -2.38. The quantitative estimate of drug-likeness (QED) is 0.324. The van der Waals surface area contributed by atoms with Gasteiger partial charge in [0.1, 0.15) is 5.75 Å². The summed E-state index contributed by atoms with van der Waals surface area (Å²) in [4.78, 5) is 9.01. The molecule has 0 fully saturated rings. The minimum Gasteiger partial charge on any atom is -0.497 e. The van der Waals surface area contributed by atoms with Crippen molar-refractivity contribution in [2.45, 2.75) is 33.4 Å². The first-order chi connectivity index (χ1) is 14.3. The highest BCUT2D eigenvalue weighted by Gasteiger charge is 2.06. The van der Waals surface area contributed by atoms with Crippen LogP contribution in [0.1, 0.15) is 31.4 Å². The normalized spacial score (nSPS) is 11.2. The third-order valence-corrected chi connectivity index (χ3v) is 4.12. The molecule has 1 aromatic carbocycles. The fraction of sp³-hybridized carbons (Fsp3) is 0.455. The molecule has 7 nitrogen and oxygen atoms in total. The molecule has 1 heterocycles. The Bertz CT molecular complexity index is 735. The van der Waals surface area contributed by atoms with E-state index in [0.29, 0.717) is 25.6 Å². The van der Waals surface area contributed by atoms with Gasteiger partial charge in [0, 0.05) is 38.1 Å². The molecule has 0 aliphatic rings. The van der Waals surface area contributed by atoms with Crippen LogP contribution in [0.25, 0.3) is 0 Å². The Morgan fingerprint density at radius 1 is 1.07 bits per heavy atom. The van der Waals surface area contributed by atoms with Crippen molar-refractivity contribution in [2.24, 2.45) is 4.99 Å². The minimum absolute atomic E-state index is 0.566. The molecule has 0 aliphatic carbocycles. The Labute approximate surface area is 173 Å². The standard InChI is InChI=1S/C22H32N4O3/c1-4-28-15-7-14-24-22(25-16-18-9-11-20(27-3)12-10-18)26-17-19-8-6-13-23-21(19)29-5-2/h6,8-13H,4-5,7,14-17H2,1-3H3,(H2,24,25,26). The van der Waals surface area contributed by atoms with Crippen LogP contribution < -0.4 is 20.1 Å². The number of benzene rings is 1. The largest absolute Gasteiger partial charge is 0.497 e. The van der Waals surface area contributed by atoms with Gasteiger partial charge >= 0.3 is 0 Å². The number of ether oxygens (including phenoxy) is 3. The zero-order valence-corrected chi connectivity index (χ0v) is 17.6. The number of nitrogens with zero attached hydrogens (tertiary/aromatic N) is 2. The lowest BCUT2D eigenvalue weighted by atomic mass is 10.2. The molecule has 2 aromatic rings. The maximum absolute atomic E-state index is 5.61. The van der Waals surface area contributed by atoms with E-state index in [2.05, 4.69) is 15.6 Å². The number of methoxy groups -OCH3 is 1. The van der Waals surface area contributed by atoms with Crippen LogP contribution in [0.5, 0.6) is 11.6 Å². The summed E-state index contributed by atoms with van der Waals surface area (Å²) < 4.78 is 16.2. The zero-order chi connectivity index (χ0) is 20.7. The van der Waals surface area contributed by atoms with Gasteiger partial charge in [0.2, 0.25) is 5.88 Å². The van der Waals surface area contributed by atoms with E-state index < -0.39 is 0 Å². The Balaban J connectivity index is 1.99. The number of pyridine rings is 1. The summed E-state index contributed by atoms with van der Waals surface area (Å²) in [5.41, 5.74) is 2.10. The van der Waals surface area contributed by atoms with Crippen LogP contribution in [0, 0.1) is 0 Å². The zero-order valence-electron chi connectivity index (χ0n) is 17.6. The van der Waals surface area contributed by atoms with E-state index >= 15 is 0 Å². The third-order valence-electron chi connectivity index (χ3n) is 4.12. The maximum Gasteiger partial charge on any atom is 0.218 e. The molecule has 0 spiro atoms. The van der Waals surface area contributed by atoms with Crippen LogP contribution in [-0.4, -0.2) is 44.4 Å². The molecule has 2 N–H and O–H groups in total. The van der Waals surface area contributed by atoms with Gasteiger partial charge in [-0.15, -0.1) is 0 Å². The predicted molar refractivity (Wildman–Crippen MR) is 115 cm³/mol. The van der Waals surface area contributed by atoms with Crippen molar-refractivity contribution in [1.82, 2.24) is 15.6 Å². The number of aliphatic imine (C=N–C) groups is 1. The molecule has 0 aliphatic heterocycles. The summed E-state index contributed by atoms with van der Waals surface area (Å²) in [7, 11) is 1.66. The Hall–Kier alpha value is -2.80. The molecule has 2 rings (SSSR count). The van der Waals surface area contributed by atoms with Crippen molar-refractivity contribution in [3.8, 4) is 11.6 Å². The molecule has 0 bridgehead atoms. The summed E-state index contributed by atoms with van der Waals surface area (Å²) in [6.07, 6.45) is 2.65. The third kappa shape index (κ3) is 8.39. The van der Waals surface area contributed by atoms with Gasteiger partial charge in [-0.25, -0.2) is 9.98 Å². The number of hydrogen-bond donors (Lipinski definition) is 2.